The van der Waals surface area contributed by atoms with Crippen LogP contribution in [0.1, 0.15) is 5.76 Å². The van der Waals surface area contributed by atoms with Crippen LogP contribution in [0.5, 0.6) is 0 Å². The van der Waals surface area contributed by atoms with E-state index in [4.69, 9.17) is 4.52 Å². The Morgan fingerprint density at radius 1 is 1.29 bits per heavy atom. The van der Waals surface area contributed by atoms with E-state index in [0.717, 1.165) is 22.6 Å². The Bertz CT molecular complexity index is 628. The van der Waals surface area contributed by atoms with Crippen molar-refractivity contribution in [1.29, 1.82) is 0 Å². The van der Waals surface area contributed by atoms with Gasteiger partial charge in [0.25, 0.3) is 0 Å². The number of aryl methyl sites for hydroxylation is 1. The molecule has 0 unspecified atom stereocenters. The fourth-order valence-corrected chi connectivity index (χ4v) is 1.70. The van der Waals surface area contributed by atoms with Crippen LogP contribution in [0.25, 0.3) is 11.0 Å². The molecule has 0 amide bonds. The number of aromatic nitrogens is 4. The lowest BCUT2D eigenvalue weighted by atomic mass is 10.3. The normalized spacial score (nSPS) is 10.9. The summed E-state index contributed by atoms with van der Waals surface area (Å²) in [6.07, 6.45) is 5.14. The Labute approximate surface area is 97.3 Å². The molecule has 0 aliphatic heterocycles. The molecule has 3 aromatic heterocycles. The van der Waals surface area contributed by atoms with Gasteiger partial charge in [-0.25, -0.2) is 9.97 Å². The van der Waals surface area contributed by atoms with Gasteiger partial charge >= 0.3 is 0 Å². The van der Waals surface area contributed by atoms with E-state index in [1.54, 1.807) is 18.7 Å². The van der Waals surface area contributed by atoms with E-state index in [-0.39, 0.29) is 0 Å². The highest BCUT2D eigenvalue weighted by molar-refractivity contribution is 5.85. The van der Waals surface area contributed by atoms with E-state index in [0.29, 0.717) is 6.54 Å². The lowest BCUT2D eigenvalue weighted by Gasteiger charge is -2.03. The molecule has 0 radical (unpaired) electrons. The van der Waals surface area contributed by atoms with Crippen molar-refractivity contribution in [2.24, 2.45) is 7.05 Å². The summed E-state index contributed by atoms with van der Waals surface area (Å²) in [7, 11) is 1.95. The van der Waals surface area contributed by atoms with E-state index >= 15 is 0 Å². The topological polar surface area (TPSA) is 68.8 Å². The maximum Gasteiger partial charge on any atom is 0.155 e. The van der Waals surface area contributed by atoms with Gasteiger partial charge in [-0.1, -0.05) is 5.16 Å². The van der Waals surface area contributed by atoms with Gasteiger partial charge in [0.05, 0.1) is 24.6 Å². The van der Waals surface area contributed by atoms with E-state index < -0.39 is 0 Å². The summed E-state index contributed by atoms with van der Waals surface area (Å²) in [6, 6.07) is 3.74. The molecular weight excluding hydrogens is 218 g/mol. The van der Waals surface area contributed by atoms with Gasteiger partial charge in [-0.15, -0.1) is 0 Å². The van der Waals surface area contributed by atoms with Crippen LogP contribution >= 0.6 is 0 Å². The molecular formula is C11H11N5O. The van der Waals surface area contributed by atoms with Crippen LogP contribution < -0.4 is 5.32 Å². The van der Waals surface area contributed by atoms with E-state index in [2.05, 4.69) is 20.4 Å². The zero-order chi connectivity index (χ0) is 11.7. The van der Waals surface area contributed by atoms with Crippen molar-refractivity contribution in [3.05, 3.63) is 36.6 Å². The van der Waals surface area contributed by atoms with Crippen molar-refractivity contribution >= 4 is 16.9 Å². The van der Waals surface area contributed by atoms with E-state index in [1.165, 1.54) is 0 Å². The van der Waals surface area contributed by atoms with Gasteiger partial charge in [0.1, 0.15) is 5.52 Å². The minimum Gasteiger partial charge on any atom is -0.361 e. The standard InChI is InChI=1S/C11H11N5O/c1-16-7-14-10-9(16)3-4-12-11(10)13-6-8-2-5-15-17-8/h2-5,7H,6H2,1H3,(H,12,13). The molecule has 1 N–H and O–H groups in total. The first-order valence-electron chi connectivity index (χ1n) is 5.24. The minimum atomic E-state index is 0.544. The summed E-state index contributed by atoms with van der Waals surface area (Å²) in [5, 5.41) is 6.83. The van der Waals surface area contributed by atoms with Gasteiger partial charge < -0.3 is 14.4 Å². The van der Waals surface area contributed by atoms with Crippen molar-refractivity contribution in [2.45, 2.75) is 6.54 Å². The molecule has 0 bridgehead atoms. The predicted octanol–water partition coefficient (Wildman–Crippen LogP) is 1.57. The first kappa shape index (κ1) is 9.83. The van der Waals surface area contributed by atoms with Gasteiger partial charge in [-0.2, -0.15) is 0 Å². The summed E-state index contributed by atoms with van der Waals surface area (Å²) in [5.41, 5.74) is 1.90. The van der Waals surface area contributed by atoms with Crippen LogP contribution in [0.15, 0.2) is 35.4 Å². The van der Waals surface area contributed by atoms with Crippen molar-refractivity contribution < 1.29 is 4.52 Å². The summed E-state index contributed by atoms with van der Waals surface area (Å²) in [6.45, 7) is 0.544. The van der Waals surface area contributed by atoms with Crippen molar-refractivity contribution in [1.82, 2.24) is 19.7 Å². The number of pyridine rings is 1. The Hall–Kier alpha value is -2.37. The van der Waals surface area contributed by atoms with Crippen LogP contribution in [0.4, 0.5) is 5.82 Å². The Kier molecular flexibility index (Phi) is 2.25. The lowest BCUT2D eigenvalue weighted by Crippen LogP contribution is -2.01. The number of nitrogens with zero attached hydrogens (tertiary/aromatic N) is 4. The SMILES string of the molecule is Cn1cnc2c(NCc3ccno3)nccc21. The highest BCUT2D eigenvalue weighted by Crippen LogP contribution is 2.18. The quantitative estimate of drug-likeness (QED) is 0.738. The van der Waals surface area contributed by atoms with Crippen LogP contribution in [0.2, 0.25) is 0 Å². The fourth-order valence-electron chi connectivity index (χ4n) is 1.70. The molecule has 86 valence electrons. The average molecular weight is 229 g/mol. The molecule has 3 aromatic rings. The van der Waals surface area contributed by atoms with Crippen LogP contribution in [-0.4, -0.2) is 19.7 Å². The zero-order valence-electron chi connectivity index (χ0n) is 9.29. The lowest BCUT2D eigenvalue weighted by molar-refractivity contribution is 0.388. The summed E-state index contributed by atoms with van der Waals surface area (Å²) in [4.78, 5) is 8.58. The third kappa shape index (κ3) is 1.73. The predicted molar refractivity (Wildman–Crippen MR) is 62.3 cm³/mol. The molecule has 0 aromatic carbocycles. The molecule has 0 spiro atoms. The molecule has 0 aliphatic carbocycles. The van der Waals surface area contributed by atoms with Crippen LogP contribution in [0.3, 0.4) is 0 Å². The molecule has 0 saturated heterocycles. The largest absolute Gasteiger partial charge is 0.361 e. The number of hydrogen-bond donors (Lipinski definition) is 1. The Balaban J connectivity index is 1.90. The van der Waals surface area contributed by atoms with Gasteiger partial charge in [0.15, 0.2) is 11.6 Å². The second-order valence-corrected chi connectivity index (χ2v) is 3.72. The second kappa shape index (κ2) is 3.89. The third-order valence-corrected chi connectivity index (χ3v) is 2.56. The van der Waals surface area contributed by atoms with E-state index in [9.17, 15) is 0 Å². The van der Waals surface area contributed by atoms with Crippen LogP contribution in [-0.2, 0) is 13.6 Å². The highest BCUT2D eigenvalue weighted by atomic mass is 16.5. The number of fused-ring (bicyclic) bond motifs is 1. The number of rotatable bonds is 3. The smallest absolute Gasteiger partial charge is 0.155 e. The summed E-state index contributed by atoms with van der Waals surface area (Å²) >= 11 is 0. The first-order valence-corrected chi connectivity index (χ1v) is 5.24. The maximum atomic E-state index is 5.01. The van der Waals surface area contributed by atoms with Crippen molar-refractivity contribution in [3.63, 3.8) is 0 Å². The third-order valence-electron chi connectivity index (χ3n) is 2.56. The summed E-state index contributed by atoms with van der Waals surface area (Å²) < 4.78 is 6.96. The Morgan fingerprint density at radius 2 is 2.24 bits per heavy atom. The van der Waals surface area contributed by atoms with Crippen molar-refractivity contribution in [3.8, 4) is 0 Å². The molecule has 0 fully saturated rings. The molecule has 0 saturated carbocycles. The zero-order valence-corrected chi connectivity index (χ0v) is 9.29. The monoisotopic (exact) mass is 229 g/mol. The minimum absolute atomic E-state index is 0.544. The highest BCUT2D eigenvalue weighted by Gasteiger charge is 2.06. The molecule has 6 nitrogen and oxygen atoms in total. The van der Waals surface area contributed by atoms with Gasteiger partial charge in [0, 0.05) is 19.3 Å². The van der Waals surface area contributed by atoms with E-state index in [1.807, 2.05) is 23.7 Å². The molecule has 0 aliphatic rings. The number of hydrogen-bond acceptors (Lipinski definition) is 5. The molecule has 3 rings (SSSR count). The maximum absolute atomic E-state index is 5.01. The van der Waals surface area contributed by atoms with Crippen LogP contribution in [0, 0.1) is 0 Å². The fraction of sp³-hybridized carbons (Fsp3) is 0.182. The number of nitrogens with one attached hydrogen (secondary N) is 1. The van der Waals surface area contributed by atoms with Gasteiger partial charge in [0.2, 0.25) is 0 Å². The Morgan fingerprint density at radius 3 is 3.06 bits per heavy atom. The second-order valence-electron chi connectivity index (χ2n) is 3.72. The van der Waals surface area contributed by atoms with Gasteiger partial charge in [-0.05, 0) is 6.07 Å². The molecule has 17 heavy (non-hydrogen) atoms. The number of imidazole rings is 1. The first-order chi connectivity index (χ1) is 8.34. The van der Waals surface area contributed by atoms with Gasteiger partial charge in [-0.3, -0.25) is 0 Å². The number of anilines is 1. The summed E-state index contributed by atoms with van der Waals surface area (Å²) in [5.74, 6) is 1.51. The average Bonchev–Trinajstić information content (AvgIpc) is 2.97. The molecule has 0 atom stereocenters. The molecule has 6 heteroatoms. The molecule has 3 heterocycles. The van der Waals surface area contributed by atoms with Crippen molar-refractivity contribution in [2.75, 3.05) is 5.32 Å².